The van der Waals surface area contributed by atoms with Crippen molar-refractivity contribution in [2.45, 2.75) is 46.3 Å². The summed E-state index contributed by atoms with van der Waals surface area (Å²) in [6.07, 6.45) is 2.57. The lowest BCUT2D eigenvalue weighted by molar-refractivity contribution is -0.0835. The van der Waals surface area contributed by atoms with E-state index in [-0.39, 0.29) is 35.5 Å². The van der Waals surface area contributed by atoms with E-state index in [1.807, 2.05) is 24.3 Å². The summed E-state index contributed by atoms with van der Waals surface area (Å²) in [6.45, 7) is 9.13. The summed E-state index contributed by atoms with van der Waals surface area (Å²) in [5, 5.41) is 15.6. The molecule has 1 aliphatic rings. The predicted octanol–water partition coefficient (Wildman–Crippen LogP) is 3.68. The highest BCUT2D eigenvalue weighted by atomic mass is 127. The molecule has 144 valence electrons. The maximum atomic E-state index is 8.85. The number of nitrogens with one attached hydrogen (secondary N) is 2. The average Bonchev–Trinajstić information content (AvgIpc) is 2.62. The van der Waals surface area contributed by atoms with Crippen LogP contribution >= 0.6 is 24.0 Å². The number of benzene rings is 1. The molecule has 2 N–H and O–H groups in total. The lowest BCUT2D eigenvalue weighted by atomic mass is 9.78. The van der Waals surface area contributed by atoms with Gasteiger partial charge in [0.1, 0.15) is 0 Å². The number of ether oxygens (including phenoxy) is 1. The van der Waals surface area contributed by atoms with Crippen LogP contribution in [0.25, 0.3) is 0 Å². The van der Waals surface area contributed by atoms with Crippen LogP contribution in [0.4, 0.5) is 0 Å². The Hall–Kier alpha value is -1.33. The molecule has 0 radical (unpaired) electrons. The highest BCUT2D eigenvalue weighted by Crippen LogP contribution is 2.33. The first-order chi connectivity index (χ1) is 11.9. The smallest absolute Gasteiger partial charge is 0.191 e. The van der Waals surface area contributed by atoms with Gasteiger partial charge in [0.25, 0.3) is 0 Å². The number of hydrogen-bond acceptors (Lipinski definition) is 3. The summed E-state index contributed by atoms with van der Waals surface area (Å²) in [5.41, 5.74) is 1.94. The minimum atomic E-state index is 0. The zero-order valence-corrected chi connectivity index (χ0v) is 18.5. The van der Waals surface area contributed by atoms with Crippen molar-refractivity contribution < 1.29 is 4.74 Å². The van der Waals surface area contributed by atoms with E-state index in [1.165, 1.54) is 6.42 Å². The van der Waals surface area contributed by atoms with Crippen molar-refractivity contribution in [2.24, 2.45) is 16.3 Å². The van der Waals surface area contributed by atoms with E-state index >= 15 is 0 Å². The van der Waals surface area contributed by atoms with Crippen LogP contribution in [0.5, 0.6) is 0 Å². The molecule has 2 atom stereocenters. The number of aliphatic imine (C=N–C) groups is 1. The van der Waals surface area contributed by atoms with Gasteiger partial charge >= 0.3 is 0 Å². The molecule has 6 heteroatoms. The first-order valence-corrected chi connectivity index (χ1v) is 8.99. The summed E-state index contributed by atoms with van der Waals surface area (Å²) in [5.74, 6) is 1.28. The second-order valence-electron chi connectivity index (χ2n) is 7.68. The summed E-state index contributed by atoms with van der Waals surface area (Å²) in [7, 11) is 1.78. The highest BCUT2D eigenvalue weighted by molar-refractivity contribution is 14.0. The van der Waals surface area contributed by atoms with Crippen LogP contribution in [0.15, 0.2) is 29.3 Å². The van der Waals surface area contributed by atoms with Crippen molar-refractivity contribution in [3.05, 3.63) is 35.4 Å². The third kappa shape index (κ3) is 6.76. The van der Waals surface area contributed by atoms with Gasteiger partial charge in [0, 0.05) is 32.7 Å². The van der Waals surface area contributed by atoms with Crippen molar-refractivity contribution in [1.29, 1.82) is 5.26 Å². The Morgan fingerprint density at radius 1 is 1.27 bits per heavy atom. The summed E-state index contributed by atoms with van der Waals surface area (Å²) < 4.78 is 6.05. The molecular formula is C20H31IN4O. The van der Waals surface area contributed by atoms with Crippen molar-refractivity contribution in [2.75, 3.05) is 20.2 Å². The van der Waals surface area contributed by atoms with Crippen molar-refractivity contribution in [1.82, 2.24) is 10.6 Å². The molecule has 0 spiro atoms. The molecule has 5 nitrogen and oxygen atoms in total. The van der Waals surface area contributed by atoms with E-state index in [4.69, 9.17) is 10.00 Å². The Bertz CT molecular complexity index is 616. The number of hydrogen-bond donors (Lipinski definition) is 2. The monoisotopic (exact) mass is 470 g/mol. The molecule has 0 aliphatic carbocycles. The fraction of sp³-hybridized carbons (Fsp3) is 0.600. The highest BCUT2D eigenvalue weighted by Gasteiger charge is 2.35. The molecule has 2 rings (SSSR count). The van der Waals surface area contributed by atoms with E-state index < -0.39 is 0 Å². The molecule has 1 aliphatic heterocycles. The topological polar surface area (TPSA) is 69.4 Å². The fourth-order valence-electron chi connectivity index (χ4n) is 3.34. The van der Waals surface area contributed by atoms with E-state index in [0.29, 0.717) is 18.0 Å². The largest absolute Gasteiger partial charge is 0.377 e. The zero-order chi connectivity index (χ0) is 18.3. The minimum Gasteiger partial charge on any atom is -0.377 e. The van der Waals surface area contributed by atoms with Crippen LogP contribution in [0, 0.1) is 22.7 Å². The molecule has 0 bridgehead atoms. The summed E-state index contributed by atoms with van der Waals surface area (Å²) in [4.78, 5) is 4.31. The molecule has 0 aromatic heterocycles. The lowest BCUT2D eigenvalue weighted by Gasteiger charge is -2.40. The lowest BCUT2D eigenvalue weighted by Crippen LogP contribution is -2.47. The second-order valence-corrected chi connectivity index (χ2v) is 7.68. The number of nitrogens with zero attached hydrogens (tertiary/aromatic N) is 2. The van der Waals surface area contributed by atoms with Crippen LogP contribution < -0.4 is 10.6 Å². The minimum absolute atomic E-state index is 0. The quantitative estimate of drug-likeness (QED) is 0.400. The molecule has 26 heavy (non-hydrogen) atoms. The first kappa shape index (κ1) is 22.7. The summed E-state index contributed by atoms with van der Waals surface area (Å²) >= 11 is 0. The van der Waals surface area contributed by atoms with Gasteiger partial charge in [0.05, 0.1) is 17.7 Å². The van der Waals surface area contributed by atoms with Crippen molar-refractivity contribution >= 4 is 29.9 Å². The molecule has 0 saturated carbocycles. The normalized spacial score (nSPS) is 20.7. The Morgan fingerprint density at radius 3 is 2.54 bits per heavy atom. The van der Waals surface area contributed by atoms with Gasteiger partial charge in [0.2, 0.25) is 0 Å². The summed E-state index contributed by atoms with van der Waals surface area (Å²) in [6, 6.07) is 9.73. The Morgan fingerprint density at radius 2 is 1.96 bits per heavy atom. The van der Waals surface area contributed by atoms with Gasteiger partial charge in [-0.3, -0.25) is 4.99 Å². The molecule has 1 heterocycles. The van der Waals surface area contributed by atoms with Crippen molar-refractivity contribution in [3.8, 4) is 6.07 Å². The predicted molar refractivity (Wildman–Crippen MR) is 117 cm³/mol. The van der Waals surface area contributed by atoms with Gasteiger partial charge in [-0.25, -0.2) is 0 Å². The van der Waals surface area contributed by atoms with E-state index in [9.17, 15) is 0 Å². The number of rotatable bonds is 4. The SMILES string of the molecule is CN=C(NCc1ccc(C#N)cc1)NCC1CCCOC1C(C)(C)C.I. The third-order valence-corrected chi connectivity index (χ3v) is 4.60. The van der Waals surface area contributed by atoms with Crippen LogP contribution in [0.2, 0.25) is 0 Å². The average molecular weight is 470 g/mol. The molecule has 1 aromatic carbocycles. The Kier molecular flexibility index (Phi) is 9.37. The van der Waals surface area contributed by atoms with Crippen LogP contribution in [0.1, 0.15) is 44.7 Å². The van der Waals surface area contributed by atoms with Gasteiger partial charge in [-0.2, -0.15) is 5.26 Å². The van der Waals surface area contributed by atoms with Crippen LogP contribution in [0.3, 0.4) is 0 Å². The maximum absolute atomic E-state index is 8.85. The number of halogens is 1. The standard InChI is InChI=1S/C20H30N4O.HI/c1-20(2,3)18-17(6-5-11-25-18)14-24-19(22-4)23-13-16-9-7-15(12-21)8-10-16;/h7-10,17-18H,5-6,11,13-14H2,1-4H3,(H2,22,23,24);1H. The van der Waals surface area contributed by atoms with Crippen LogP contribution in [-0.4, -0.2) is 32.3 Å². The van der Waals surface area contributed by atoms with Crippen LogP contribution in [-0.2, 0) is 11.3 Å². The molecular weight excluding hydrogens is 439 g/mol. The van der Waals surface area contributed by atoms with E-state index in [0.717, 1.165) is 31.1 Å². The Labute approximate surface area is 174 Å². The van der Waals surface area contributed by atoms with Crippen molar-refractivity contribution in [3.63, 3.8) is 0 Å². The Balaban J connectivity index is 0.00000338. The van der Waals surface area contributed by atoms with Gasteiger partial charge in [-0.1, -0.05) is 32.9 Å². The third-order valence-electron chi connectivity index (χ3n) is 4.60. The molecule has 1 saturated heterocycles. The van der Waals surface area contributed by atoms with E-state index in [2.05, 4.69) is 42.5 Å². The fourth-order valence-corrected chi connectivity index (χ4v) is 3.34. The van der Waals surface area contributed by atoms with Gasteiger partial charge < -0.3 is 15.4 Å². The molecule has 2 unspecified atom stereocenters. The molecule has 0 amide bonds. The first-order valence-electron chi connectivity index (χ1n) is 8.99. The zero-order valence-electron chi connectivity index (χ0n) is 16.2. The van der Waals surface area contributed by atoms with E-state index in [1.54, 1.807) is 7.05 Å². The van der Waals surface area contributed by atoms with Gasteiger partial charge in [0.15, 0.2) is 5.96 Å². The molecule has 1 aromatic rings. The number of nitriles is 1. The maximum Gasteiger partial charge on any atom is 0.191 e. The molecule has 1 fully saturated rings. The van der Waals surface area contributed by atoms with Gasteiger partial charge in [-0.15, -0.1) is 24.0 Å². The second kappa shape index (κ2) is 10.7. The number of guanidine groups is 1. The van der Waals surface area contributed by atoms with Gasteiger partial charge in [-0.05, 0) is 36.0 Å².